The molecule has 0 amide bonds. The molecule has 2 aromatic heterocycles. The summed E-state index contributed by atoms with van der Waals surface area (Å²) in [6.45, 7) is 0. The smallest absolute Gasteiger partial charge is 0.161 e. The monoisotopic (exact) mass is 954 g/mol. The maximum atomic E-state index is 5.57. The highest BCUT2D eigenvalue weighted by Gasteiger charge is 2.22. The first kappa shape index (κ1) is 38.5. The zero-order chi connectivity index (χ0) is 43.6. The molecule has 66 heavy (non-hydrogen) atoms. The third-order valence-electron chi connectivity index (χ3n) is 12.9. The van der Waals surface area contributed by atoms with Crippen molar-refractivity contribution in [1.29, 1.82) is 0 Å². The Morgan fingerprint density at radius 2 is 0.773 bits per heavy atom. The summed E-state index contributed by atoms with van der Waals surface area (Å²) < 4.78 is 7.01. The molecule has 0 bridgehead atoms. The molecule has 0 unspecified atom stereocenters. The minimum absolute atomic E-state index is 0.724. The van der Waals surface area contributed by atoms with Gasteiger partial charge in [-0.2, -0.15) is 0 Å². The topological polar surface area (TPSA) is 34.6 Å². The van der Waals surface area contributed by atoms with Crippen LogP contribution in [0.1, 0.15) is 16.7 Å². The molecular formula is C61H39IN4. The third kappa shape index (κ3) is 6.38. The van der Waals surface area contributed by atoms with Gasteiger partial charge in [0.05, 0.1) is 27.8 Å². The molecule has 10 aromatic carbocycles. The highest BCUT2D eigenvalue weighted by Crippen LogP contribution is 2.42. The van der Waals surface area contributed by atoms with Gasteiger partial charge >= 0.3 is 0 Å². The van der Waals surface area contributed by atoms with Gasteiger partial charge in [0.1, 0.15) is 7.35 Å². The van der Waals surface area contributed by atoms with E-state index in [-0.39, 0.29) is 0 Å². The number of nitrogens with zero attached hydrogens (tertiary/aromatic N) is 4. The van der Waals surface area contributed by atoms with E-state index in [4.69, 9.17) is 9.98 Å². The fourth-order valence-corrected chi connectivity index (χ4v) is 12.4. The average molecular weight is 955 g/mol. The van der Waals surface area contributed by atoms with Gasteiger partial charge in [0.15, 0.2) is 5.84 Å². The van der Waals surface area contributed by atoms with Crippen LogP contribution in [0.3, 0.4) is 0 Å². The zero-order valence-electron chi connectivity index (χ0n) is 35.7. The lowest BCUT2D eigenvalue weighted by Crippen LogP contribution is -2.12. The Balaban J connectivity index is 1.03. The molecule has 0 atom stereocenters. The standard InChI is InChI=1S/C61H39IN4/c1-3-18-40(19-4-1)45-36-37-48(47-25-8-7-24-46(45)47)53-35-34-42(39-58(53)66-56-32-15-11-28-51(56)52-29-12-16-33-57(52)66)60-62-59(41-20-5-2-6-21-41)63-61(64-60)43-22-17-23-44(38-43)65-54-30-13-9-26-49(54)50-27-10-14-31-55(50)65/h1-39H. The number of rotatable bonds is 7. The lowest BCUT2D eigenvalue weighted by atomic mass is 9.91. The van der Waals surface area contributed by atoms with Crippen molar-refractivity contribution in [3.05, 3.63) is 253 Å². The number of aliphatic imine (C=N–C) groups is 2. The number of benzene rings is 10. The molecule has 0 N–H and O–H groups in total. The number of hydrogen-bond donors (Lipinski definition) is 0. The maximum absolute atomic E-state index is 5.57. The second-order valence-corrected chi connectivity index (χ2v) is 19.3. The minimum atomic E-state index is -0.788. The zero-order valence-corrected chi connectivity index (χ0v) is 37.8. The predicted octanol–water partition coefficient (Wildman–Crippen LogP) is 15.7. The van der Waals surface area contributed by atoms with Crippen LogP contribution in [0.25, 0.3) is 88.0 Å². The summed E-state index contributed by atoms with van der Waals surface area (Å²) in [7, 11) is 0. The van der Waals surface area contributed by atoms with Gasteiger partial charge in [-0.1, -0.05) is 194 Å². The van der Waals surface area contributed by atoms with Gasteiger partial charge in [0.2, 0.25) is 0 Å². The van der Waals surface area contributed by atoms with Crippen LogP contribution in [0, 0.1) is 0 Å². The van der Waals surface area contributed by atoms with Crippen molar-refractivity contribution in [2.45, 2.75) is 0 Å². The van der Waals surface area contributed by atoms with Crippen LogP contribution in [0.4, 0.5) is 0 Å². The van der Waals surface area contributed by atoms with Crippen molar-refractivity contribution in [1.82, 2.24) is 9.13 Å². The van der Waals surface area contributed by atoms with Gasteiger partial charge in [-0.3, -0.25) is 0 Å². The summed E-state index contributed by atoms with van der Waals surface area (Å²) in [5.41, 5.74) is 14.9. The Morgan fingerprint density at radius 1 is 0.303 bits per heavy atom. The number of hydrogen-bond acceptors (Lipinski definition) is 2. The van der Waals surface area contributed by atoms with Gasteiger partial charge in [-0.05, 0) is 90.7 Å². The van der Waals surface area contributed by atoms with Crippen molar-refractivity contribution >= 4 is 88.3 Å². The molecular weight excluding hydrogens is 916 g/mol. The molecule has 13 rings (SSSR count). The molecule has 0 fully saturated rings. The molecule has 0 spiro atoms. The van der Waals surface area contributed by atoms with Crippen molar-refractivity contribution in [3.63, 3.8) is 0 Å². The lowest BCUT2D eigenvalue weighted by molar-refractivity contribution is 1.18. The summed E-state index contributed by atoms with van der Waals surface area (Å²) in [6.07, 6.45) is 0. The summed E-state index contributed by atoms with van der Waals surface area (Å²) in [5, 5.41) is 7.38. The van der Waals surface area contributed by atoms with E-state index in [1.807, 2.05) is 0 Å². The van der Waals surface area contributed by atoms with E-state index < -0.39 is 20.7 Å². The van der Waals surface area contributed by atoms with Crippen molar-refractivity contribution in [3.8, 4) is 33.6 Å². The molecule has 0 saturated carbocycles. The molecule has 12 aromatic rings. The summed E-state index contributed by atoms with van der Waals surface area (Å²) >= 11 is -0.788. The van der Waals surface area contributed by atoms with Crippen molar-refractivity contribution in [2.24, 2.45) is 9.98 Å². The highest BCUT2D eigenvalue weighted by atomic mass is 127. The van der Waals surface area contributed by atoms with Crippen molar-refractivity contribution < 1.29 is 0 Å². The van der Waals surface area contributed by atoms with E-state index in [2.05, 4.69) is 246 Å². The molecule has 1 aliphatic heterocycles. The quantitative estimate of drug-likeness (QED) is 0.143. The highest BCUT2D eigenvalue weighted by molar-refractivity contribution is 14.2. The number of para-hydroxylation sites is 4. The van der Waals surface area contributed by atoms with E-state index in [9.17, 15) is 0 Å². The molecule has 310 valence electrons. The van der Waals surface area contributed by atoms with Gasteiger partial charge in [0, 0.05) is 49.5 Å². The third-order valence-corrected chi connectivity index (χ3v) is 15.6. The predicted molar refractivity (Wildman–Crippen MR) is 288 cm³/mol. The normalized spacial score (nSPS) is 12.9. The second-order valence-electron chi connectivity index (χ2n) is 16.7. The first-order valence-corrected chi connectivity index (χ1v) is 24.4. The van der Waals surface area contributed by atoms with E-state index >= 15 is 0 Å². The number of amidine groups is 1. The maximum Gasteiger partial charge on any atom is 0.161 e. The number of fused-ring (bicyclic) bond motifs is 7. The minimum Gasteiger partial charge on any atom is -0.309 e. The second kappa shape index (κ2) is 15.9. The molecule has 0 radical (unpaired) electrons. The van der Waals surface area contributed by atoms with Crippen LogP contribution in [0.5, 0.6) is 0 Å². The SMILES string of the molecule is c1ccc(C2=NC(c3cccc(-n4c5ccccc5c5ccccc54)c3)=NC(c3ccc(-c4ccc(-c5ccccc5)c5ccccc45)c(-n4c5ccccc5c5ccccc54)c3)=I2)cc1. The Labute approximate surface area is 391 Å². The molecule has 3 heterocycles. The fourth-order valence-electron chi connectivity index (χ4n) is 9.92. The summed E-state index contributed by atoms with van der Waals surface area (Å²) in [4.78, 5) is 11.0. The average Bonchev–Trinajstić information content (AvgIpc) is 3.92. The van der Waals surface area contributed by atoms with Gasteiger partial charge in [-0.25, -0.2) is 9.98 Å². The van der Waals surface area contributed by atoms with Crippen LogP contribution < -0.4 is 0 Å². The summed E-state index contributed by atoms with van der Waals surface area (Å²) in [6, 6.07) is 85.5. The molecule has 4 nitrogen and oxygen atoms in total. The Hall–Kier alpha value is -8.00. The number of aromatic nitrogens is 2. The fraction of sp³-hybridized carbons (Fsp3) is 0. The Morgan fingerprint density at radius 3 is 1.38 bits per heavy atom. The van der Waals surface area contributed by atoms with E-state index in [0.717, 1.165) is 46.8 Å². The van der Waals surface area contributed by atoms with Crippen LogP contribution in [-0.4, -0.2) is 22.3 Å². The summed E-state index contributed by atoms with van der Waals surface area (Å²) in [5.74, 6) is 0.724. The van der Waals surface area contributed by atoms with Crippen LogP contribution in [0.15, 0.2) is 247 Å². The van der Waals surface area contributed by atoms with Crippen LogP contribution >= 0.6 is 20.7 Å². The molecule has 0 aliphatic carbocycles. The number of halogens is 1. The molecule has 5 heteroatoms. The van der Waals surface area contributed by atoms with Gasteiger partial charge < -0.3 is 9.13 Å². The first-order chi connectivity index (χ1) is 32.7. The van der Waals surface area contributed by atoms with Crippen LogP contribution in [-0.2, 0) is 0 Å². The van der Waals surface area contributed by atoms with Gasteiger partial charge in [-0.15, -0.1) is 0 Å². The van der Waals surface area contributed by atoms with E-state index in [1.54, 1.807) is 0 Å². The Bertz CT molecular complexity index is 3880. The van der Waals surface area contributed by atoms with Crippen LogP contribution in [0.2, 0.25) is 0 Å². The lowest BCUT2D eigenvalue weighted by Gasteiger charge is -2.19. The van der Waals surface area contributed by atoms with E-state index in [1.165, 1.54) is 71.1 Å². The molecule has 0 saturated heterocycles. The van der Waals surface area contributed by atoms with E-state index in [0.29, 0.717) is 0 Å². The van der Waals surface area contributed by atoms with Gasteiger partial charge in [0.25, 0.3) is 0 Å². The van der Waals surface area contributed by atoms with Crippen molar-refractivity contribution in [2.75, 3.05) is 0 Å². The first-order valence-electron chi connectivity index (χ1n) is 22.3. The largest absolute Gasteiger partial charge is 0.309 e. The molecule has 1 aliphatic rings. The Kier molecular flexibility index (Phi) is 9.27.